The van der Waals surface area contributed by atoms with Crippen molar-refractivity contribution in [3.63, 3.8) is 0 Å². The molecule has 13 nitrogen and oxygen atoms in total. The van der Waals surface area contributed by atoms with Gasteiger partial charge in [0.05, 0.1) is 6.61 Å². The molecular formula is C31H36N10O3. The van der Waals surface area contributed by atoms with E-state index in [4.69, 9.17) is 25.4 Å². The zero-order chi connectivity index (χ0) is 30.0. The highest BCUT2D eigenvalue weighted by atomic mass is 16.5. The zero-order valence-electron chi connectivity index (χ0n) is 24.1. The molecule has 1 saturated carbocycles. The van der Waals surface area contributed by atoms with Crippen LogP contribution in [0.2, 0.25) is 0 Å². The largest absolute Gasteiger partial charge is 0.388 e. The first-order chi connectivity index (χ1) is 21.5. The third-order valence-corrected chi connectivity index (χ3v) is 8.53. The third kappa shape index (κ3) is 5.62. The smallest absolute Gasteiger partial charge is 0.227 e. The number of H-pyrrole nitrogens is 1. The number of ether oxygens (including phenoxy) is 1. The Morgan fingerprint density at radius 2 is 1.66 bits per heavy atom. The summed E-state index contributed by atoms with van der Waals surface area (Å²) >= 11 is 0. The van der Waals surface area contributed by atoms with Crippen molar-refractivity contribution in [3.05, 3.63) is 78.1 Å². The van der Waals surface area contributed by atoms with E-state index >= 15 is 0 Å². The highest BCUT2D eigenvalue weighted by Gasteiger charge is 2.39. The maximum Gasteiger partial charge on any atom is 0.227 e. The summed E-state index contributed by atoms with van der Waals surface area (Å²) in [6, 6.07) is 21.0. The van der Waals surface area contributed by atoms with Crippen molar-refractivity contribution in [3.8, 4) is 11.6 Å². The van der Waals surface area contributed by atoms with Gasteiger partial charge in [-0.05, 0) is 36.8 Å². The van der Waals surface area contributed by atoms with Gasteiger partial charge in [0.2, 0.25) is 5.95 Å². The van der Waals surface area contributed by atoms with Crippen molar-refractivity contribution in [1.82, 2.24) is 34.7 Å². The van der Waals surface area contributed by atoms with Crippen LogP contribution in [0.25, 0.3) is 22.8 Å². The van der Waals surface area contributed by atoms with Gasteiger partial charge in [-0.25, -0.2) is 9.97 Å². The van der Waals surface area contributed by atoms with E-state index in [0.29, 0.717) is 41.1 Å². The van der Waals surface area contributed by atoms with E-state index in [-0.39, 0.29) is 24.6 Å². The minimum absolute atomic E-state index is 0.0270. The molecule has 3 atom stereocenters. The van der Waals surface area contributed by atoms with Gasteiger partial charge < -0.3 is 31.3 Å². The first kappa shape index (κ1) is 28.3. The summed E-state index contributed by atoms with van der Waals surface area (Å²) in [4.78, 5) is 19.1. The molecule has 0 unspecified atom stereocenters. The fourth-order valence-electron chi connectivity index (χ4n) is 6.14. The van der Waals surface area contributed by atoms with Gasteiger partial charge in [-0.1, -0.05) is 60.7 Å². The molecule has 0 spiro atoms. The number of aliphatic hydroxyl groups is 2. The van der Waals surface area contributed by atoms with Gasteiger partial charge in [0.15, 0.2) is 34.9 Å². The minimum Gasteiger partial charge on any atom is -0.388 e. The van der Waals surface area contributed by atoms with E-state index in [1.54, 1.807) is 4.57 Å². The molecule has 1 aliphatic carbocycles. The van der Waals surface area contributed by atoms with Gasteiger partial charge in [0.1, 0.15) is 18.5 Å². The molecule has 2 aliphatic rings. The molecule has 4 heterocycles. The molecule has 0 radical (unpaired) electrons. The van der Waals surface area contributed by atoms with Crippen molar-refractivity contribution in [2.45, 2.75) is 62.1 Å². The van der Waals surface area contributed by atoms with Gasteiger partial charge in [0, 0.05) is 24.5 Å². The van der Waals surface area contributed by atoms with E-state index in [1.807, 2.05) is 36.4 Å². The highest BCUT2D eigenvalue weighted by Crippen LogP contribution is 2.35. The van der Waals surface area contributed by atoms with Crippen LogP contribution in [0, 0.1) is 0 Å². The first-order valence-electron chi connectivity index (χ1n) is 15.0. The summed E-state index contributed by atoms with van der Waals surface area (Å²) in [5, 5.41) is 35.2. The number of nitrogens with zero attached hydrogens (tertiary/aromatic N) is 6. The molecule has 13 heteroatoms. The van der Waals surface area contributed by atoms with Gasteiger partial charge in [-0.15, -0.1) is 0 Å². The van der Waals surface area contributed by atoms with E-state index in [9.17, 15) is 10.2 Å². The van der Waals surface area contributed by atoms with Crippen molar-refractivity contribution < 1.29 is 14.9 Å². The van der Waals surface area contributed by atoms with Gasteiger partial charge >= 0.3 is 0 Å². The summed E-state index contributed by atoms with van der Waals surface area (Å²) in [7, 11) is 0. The van der Waals surface area contributed by atoms with Gasteiger partial charge in [-0.3, -0.25) is 9.67 Å². The molecule has 7 N–H and O–H groups in total. The molecular weight excluding hydrogens is 560 g/mol. The number of aromatic nitrogens is 7. The zero-order valence-corrected chi connectivity index (χ0v) is 24.1. The van der Waals surface area contributed by atoms with Crippen molar-refractivity contribution in [2.24, 2.45) is 5.73 Å². The van der Waals surface area contributed by atoms with Crippen molar-refractivity contribution in [2.75, 3.05) is 23.8 Å². The summed E-state index contributed by atoms with van der Waals surface area (Å²) < 4.78 is 7.53. The molecule has 0 amide bonds. The van der Waals surface area contributed by atoms with Crippen LogP contribution < -0.4 is 16.4 Å². The number of rotatable bonds is 9. The molecule has 228 valence electrons. The molecule has 2 fully saturated rings. The number of nitrogens with one attached hydrogen (secondary N) is 3. The maximum atomic E-state index is 10.9. The molecule has 44 heavy (non-hydrogen) atoms. The number of hydrogen-bond acceptors (Lipinski definition) is 11. The number of nitrogens with two attached hydrogens (primary N) is 1. The van der Waals surface area contributed by atoms with Gasteiger partial charge in [0.25, 0.3) is 0 Å². The monoisotopic (exact) mass is 596 g/mol. The standard InChI is InChI=1S/C31H36N10O3/c32-20-11-13-21(14-12-20)36-31-38-26(33-15-22(18-7-3-1-4-8-18)19-9-5-2-6-10-19)24-28(39-31)41(30-25(43)23(42)16-44-30)29(37-24)27-34-17-35-40-27/h1-10,17,20-23,25,30,42-43H,11-16,32H2,(H,34,35,40)(H2,33,36,38,39)/t20?,21?,23-,25+,30+/m0/s1. The summed E-state index contributed by atoms with van der Waals surface area (Å²) in [5.74, 6) is 1.71. The second-order valence-electron chi connectivity index (χ2n) is 11.5. The maximum absolute atomic E-state index is 10.9. The second kappa shape index (κ2) is 12.3. The second-order valence-corrected chi connectivity index (χ2v) is 11.5. The molecule has 1 saturated heterocycles. The van der Waals surface area contributed by atoms with Crippen LogP contribution in [0.5, 0.6) is 0 Å². The normalized spacial score (nSPS) is 23.8. The summed E-state index contributed by atoms with van der Waals surface area (Å²) in [6.07, 6.45) is 1.86. The third-order valence-electron chi connectivity index (χ3n) is 8.53. The molecule has 5 aromatic rings. The lowest BCUT2D eigenvalue weighted by Gasteiger charge is -2.27. The lowest BCUT2D eigenvalue weighted by molar-refractivity contribution is -0.0153. The van der Waals surface area contributed by atoms with E-state index in [0.717, 1.165) is 36.8 Å². The van der Waals surface area contributed by atoms with Crippen molar-refractivity contribution >= 4 is 22.9 Å². The fraction of sp³-hybridized carbons (Fsp3) is 0.387. The molecule has 7 rings (SSSR count). The lowest BCUT2D eigenvalue weighted by Crippen LogP contribution is -2.33. The average molecular weight is 597 g/mol. The SMILES string of the molecule is NC1CCC(Nc2nc(NCC(c3ccccc3)c3ccccc3)c3nc(-c4ncn[nH]4)n([C@@H]4OC[C@H](O)[C@H]4O)c3n2)CC1. The Balaban J connectivity index is 1.33. The number of benzene rings is 2. The number of fused-ring (bicyclic) bond motifs is 1. The van der Waals surface area contributed by atoms with Crippen LogP contribution in [0.4, 0.5) is 11.8 Å². The number of aliphatic hydroxyl groups excluding tert-OH is 2. The predicted molar refractivity (Wildman–Crippen MR) is 165 cm³/mol. The number of hydrogen-bond donors (Lipinski definition) is 6. The number of imidazole rings is 1. The number of aromatic amines is 1. The highest BCUT2D eigenvalue weighted by molar-refractivity contribution is 5.87. The Hall–Kier alpha value is -4.43. The molecule has 2 aromatic carbocycles. The van der Waals surface area contributed by atoms with Crippen LogP contribution >= 0.6 is 0 Å². The van der Waals surface area contributed by atoms with E-state index in [1.165, 1.54) is 6.33 Å². The lowest BCUT2D eigenvalue weighted by atomic mass is 9.91. The predicted octanol–water partition coefficient (Wildman–Crippen LogP) is 2.79. The Labute approximate surface area is 253 Å². The summed E-state index contributed by atoms with van der Waals surface area (Å²) in [5.41, 5.74) is 9.40. The van der Waals surface area contributed by atoms with Crippen LogP contribution in [-0.2, 0) is 4.74 Å². The number of anilines is 2. The van der Waals surface area contributed by atoms with Crippen LogP contribution in [0.3, 0.4) is 0 Å². The molecule has 3 aromatic heterocycles. The Morgan fingerprint density at radius 1 is 0.955 bits per heavy atom. The Morgan fingerprint density at radius 3 is 2.27 bits per heavy atom. The Bertz CT molecular complexity index is 1630. The summed E-state index contributed by atoms with van der Waals surface area (Å²) in [6.45, 7) is 0.504. The average Bonchev–Trinajstić information content (AvgIpc) is 3.79. The Kier molecular flexibility index (Phi) is 7.91. The minimum atomic E-state index is -1.20. The van der Waals surface area contributed by atoms with Gasteiger partial charge in [-0.2, -0.15) is 15.1 Å². The quantitative estimate of drug-likeness (QED) is 0.147. The first-order valence-corrected chi connectivity index (χ1v) is 15.0. The van der Waals surface area contributed by atoms with Crippen molar-refractivity contribution in [1.29, 1.82) is 0 Å². The topological polar surface area (TPSA) is 185 Å². The fourth-order valence-corrected chi connectivity index (χ4v) is 6.14. The van der Waals surface area contributed by atoms with Crippen LogP contribution in [0.1, 0.15) is 49.0 Å². The van der Waals surface area contributed by atoms with E-state index < -0.39 is 18.4 Å². The van der Waals surface area contributed by atoms with E-state index in [2.05, 4.69) is 50.1 Å². The van der Waals surface area contributed by atoms with Crippen LogP contribution in [0.15, 0.2) is 67.0 Å². The molecule has 1 aliphatic heterocycles. The molecule has 0 bridgehead atoms. The van der Waals surface area contributed by atoms with Crippen LogP contribution in [-0.4, -0.2) is 82.4 Å².